The first kappa shape index (κ1) is 16.6. The van der Waals surface area contributed by atoms with Crippen molar-refractivity contribution >= 4 is 40.9 Å². The van der Waals surface area contributed by atoms with E-state index >= 15 is 0 Å². The van der Waals surface area contributed by atoms with E-state index in [1.54, 1.807) is 18.2 Å². The molecule has 1 aliphatic rings. The summed E-state index contributed by atoms with van der Waals surface area (Å²) in [5.41, 5.74) is 2.32. The number of benzene rings is 1. The highest BCUT2D eigenvalue weighted by atomic mass is 32.1. The van der Waals surface area contributed by atoms with Crippen LogP contribution in [0.1, 0.15) is 18.6 Å². The van der Waals surface area contributed by atoms with Gasteiger partial charge in [0.1, 0.15) is 5.57 Å². The molecule has 118 valence electrons. The third kappa shape index (κ3) is 3.22. The fourth-order valence-electron chi connectivity index (χ4n) is 2.11. The van der Waals surface area contributed by atoms with Crippen LogP contribution in [-0.2, 0) is 9.59 Å². The van der Waals surface area contributed by atoms with E-state index in [1.807, 2.05) is 19.1 Å². The molecule has 1 fully saturated rings. The van der Waals surface area contributed by atoms with Gasteiger partial charge in [0.2, 0.25) is 0 Å². The molecule has 0 bridgehead atoms. The van der Waals surface area contributed by atoms with Crippen molar-refractivity contribution in [2.45, 2.75) is 14.4 Å². The SMILES string of the molecule is C.Cc1ccc(N2C(=O)/C(=C/c3ccoc3)C(=O)NC2=S)cc1. The van der Waals surface area contributed by atoms with Gasteiger partial charge in [0.25, 0.3) is 11.8 Å². The number of rotatable bonds is 2. The van der Waals surface area contributed by atoms with Crippen LogP contribution in [-0.4, -0.2) is 16.9 Å². The van der Waals surface area contributed by atoms with E-state index in [-0.39, 0.29) is 18.1 Å². The largest absolute Gasteiger partial charge is 0.472 e. The van der Waals surface area contributed by atoms with E-state index in [0.29, 0.717) is 11.3 Å². The number of furan rings is 1. The van der Waals surface area contributed by atoms with Crippen molar-refractivity contribution in [2.24, 2.45) is 0 Å². The molecule has 1 N–H and O–H groups in total. The smallest absolute Gasteiger partial charge is 0.270 e. The topological polar surface area (TPSA) is 62.6 Å². The maximum atomic E-state index is 12.6. The first-order valence-corrected chi connectivity index (χ1v) is 6.97. The molecule has 5 nitrogen and oxygen atoms in total. The summed E-state index contributed by atoms with van der Waals surface area (Å²) in [7, 11) is 0. The number of carbonyl (C=O) groups excluding carboxylic acids is 2. The normalized spacial score (nSPS) is 16.3. The Morgan fingerprint density at radius 3 is 2.48 bits per heavy atom. The van der Waals surface area contributed by atoms with E-state index in [0.717, 1.165) is 5.56 Å². The first-order chi connectivity index (χ1) is 10.6. The van der Waals surface area contributed by atoms with Gasteiger partial charge in [-0.1, -0.05) is 25.1 Å². The molecule has 3 rings (SSSR count). The van der Waals surface area contributed by atoms with E-state index in [1.165, 1.54) is 23.5 Å². The zero-order valence-corrected chi connectivity index (χ0v) is 12.5. The Morgan fingerprint density at radius 2 is 1.87 bits per heavy atom. The minimum atomic E-state index is -0.514. The molecule has 0 atom stereocenters. The number of nitrogens with one attached hydrogen (secondary N) is 1. The van der Waals surface area contributed by atoms with Crippen LogP contribution >= 0.6 is 12.2 Å². The molecule has 0 unspecified atom stereocenters. The van der Waals surface area contributed by atoms with Crippen molar-refractivity contribution in [1.82, 2.24) is 5.32 Å². The third-order valence-electron chi connectivity index (χ3n) is 3.25. The molecule has 0 spiro atoms. The van der Waals surface area contributed by atoms with Crippen LogP contribution in [0.15, 0.2) is 52.8 Å². The van der Waals surface area contributed by atoms with Gasteiger partial charge < -0.3 is 4.42 Å². The number of hydrogen-bond donors (Lipinski definition) is 1. The molecule has 2 aromatic rings. The standard InChI is InChI=1S/C16H12N2O3S.CH4/c1-10-2-4-12(5-3-10)18-15(20)13(14(19)17-16(18)22)8-11-6-7-21-9-11;/h2-9H,1H3,(H,17,19,22);1H4/b13-8+;. The van der Waals surface area contributed by atoms with E-state index in [9.17, 15) is 9.59 Å². The predicted octanol–water partition coefficient (Wildman–Crippen LogP) is 3.06. The molecule has 0 radical (unpaired) electrons. The van der Waals surface area contributed by atoms with Gasteiger partial charge in [-0.3, -0.25) is 19.8 Å². The minimum Gasteiger partial charge on any atom is -0.472 e. The number of aryl methyl sites for hydroxylation is 1. The fraction of sp³-hybridized carbons (Fsp3) is 0.118. The zero-order valence-electron chi connectivity index (χ0n) is 11.7. The Bertz CT molecular complexity index is 777. The van der Waals surface area contributed by atoms with Crippen molar-refractivity contribution in [3.8, 4) is 0 Å². The van der Waals surface area contributed by atoms with Gasteiger partial charge in [0, 0.05) is 5.56 Å². The summed E-state index contributed by atoms with van der Waals surface area (Å²) in [5.74, 6) is -0.974. The lowest BCUT2D eigenvalue weighted by Gasteiger charge is -2.28. The van der Waals surface area contributed by atoms with Crippen molar-refractivity contribution < 1.29 is 14.0 Å². The number of amides is 2. The molecule has 2 amide bonds. The van der Waals surface area contributed by atoms with Crippen LogP contribution in [0, 0.1) is 6.92 Å². The second-order valence-corrected chi connectivity index (χ2v) is 5.24. The van der Waals surface area contributed by atoms with Gasteiger partial charge in [0.05, 0.1) is 18.2 Å². The van der Waals surface area contributed by atoms with Crippen LogP contribution in [0.4, 0.5) is 5.69 Å². The van der Waals surface area contributed by atoms with Crippen molar-refractivity contribution in [2.75, 3.05) is 4.90 Å². The Balaban J connectivity index is 0.00000192. The molecule has 0 aliphatic carbocycles. The lowest BCUT2D eigenvalue weighted by molar-refractivity contribution is -0.122. The van der Waals surface area contributed by atoms with Gasteiger partial charge >= 0.3 is 0 Å². The Labute approximate surface area is 139 Å². The Kier molecular flexibility index (Phi) is 4.76. The maximum absolute atomic E-state index is 12.6. The summed E-state index contributed by atoms with van der Waals surface area (Å²) >= 11 is 5.12. The monoisotopic (exact) mass is 328 g/mol. The highest BCUT2D eigenvalue weighted by Gasteiger charge is 2.34. The van der Waals surface area contributed by atoms with Crippen molar-refractivity contribution in [1.29, 1.82) is 0 Å². The van der Waals surface area contributed by atoms with E-state index in [4.69, 9.17) is 16.6 Å². The van der Waals surface area contributed by atoms with Crippen LogP contribution < -0.4 is 10.2 Å². The average molecular weight is 328 g/mol. The molecule has 0 saturated carbocycles. The molecule has 1 aromatic carbocycles. The zero-order chi connectivity index (χ0) is 15.7. The Hall–Kier alpha value is -2.73. The summed E-state index contributed by atoms with van der Waals surface area (Å²) in [5, 5.41) is 2.61. The number of nitrogens with zero attached hydrogens (tertiary/aromatic N) is 1. The highest BCUT2D eigenvalue weighted by Crippen LogP contribution is 2.22. The molecular formula is C17H16N2O3S. The second-order valence-electron chi connectivity index (χ2n) is 4.85. The molecule has 1 aromatic heterocycles. The number of carbonyl (C=O) groups is 2. The predicted molar refractivity (Wildman–Crippen MR) is 92.8 cm³/mol. The number of hydrogen-bond acceptors (Lipinski definition) is 4. The fourth-order valence-corrected chi connectivity index (χ4v) is 2.39. The molecule has 23 heavy (non-hydrogen) atoms. The van der Waals surface area contributed by atoms with Crippen molar-refractivity contribution in [3.63, 3.8) is 0 Å². The summed E-state index contributed by atoms with van der Waals surface area (Å²) in [4.78, 5) is 26.0. The molecule has 1 saturated heterocycles. The Morgan fingerprint density at radius 1 is 1.17 bits per heavy atom. The molecule has 2 heterocycles. The van der Waals surface area contributed by atoms with Crippen LogP contribution in [0.2, 0.25) is 0 Å². The van der Waals surface area contributed by atoms with Gasteiger partial charge in [-0.2, -0.15) is 0 Å². The first-order valence-electron chi connectivity index (χ1n) is 6.56. The lowest BCUT2D eigenvalue weighted by Crippen LogP contribution is -2.54. The lowest BCUT2D eigenvalue weighted by atomic mass is 10.1. The second kappa shape index (κ2) is 6.58. The van der Waals surface area contributed by atoms with Crippen molar-refractivity contribution in [3.05, 3.63) is 59.6 Å². The summed E-state index contributed by atoms with van der Waals surface area (Å²) < 4.78 is 4.95. The van der Waals surface area contributed by atoms with Crippen LogP contribution in [0.5, 0.6) is 0 Å². The van der Waals surface area contributed by atoms with E-state index < -0.39 is 11.8 Å². The number of anilines is 1. The highest BCUT2D eigenvalue weighted by molar-refractivity contribution is 7.80. The number of thiocarbonyl (C=S) groups is 1. The average Bonchev–Trinajstić information content (AvgIpc) is 2.98. The summed E-state index contributed by atoms with van der Waals surface area (Å²) in [6.07, 6.45) is 4.40. The van der Waals surface area contributed by atoms with Gasteiger partial charge in [-0.05, 0) is 43.4 Å². The van der Waals surface area contributed by atoms with Gasteiger partial charge in [-0.15, -0.1) is 0 Å². The third-order valence-corrected chi connectivity index (χ3v) is 3.53. The van der Waals surface area contributed by atoms with Crippen LogP contribution in [0.3, 0.4) is 0 Å². The van der Waals surface area contributed by atoms with E-state index in [2.05, 4.69) is 5.32 Å². The molecular weight excluding hydrogens is 312 g/mol. The summed E-state index contributed by atoms with van der Waals surface area (Å²) in [6.45, 7) is 1.95. The molecule has 6 heteroatoms. The summed E-state index contributed by atoms with van der Waals surface area (Å²) in [6, 6.07) is 8.98. The van der Waals surface area contributed by atoms with Gasteiger partial charge in [0.15, 0.2) is 5.11 Å². The quantitative estimate of drug-likeness (QED) is 0.523. The molecule has 1 aliphatic heterocycles. The minimum absolute atomic E-state index is 0. The van der Waals surface area contributed by atoms with Crippen LogP contribution in [0.25, 0.3) is 6.08 Å². The maximum Gasteiger partial charge on any atom is 0.270 e. The van der Waals surface area contributed by atoms with Gasteiger partial charge in [-0.25, -0.2) is 0 Å².